The van der Waals surface area contributed by atoms with E-state index in [-0.39, 0.29) is 19.0 Å². The van der Waals surface area contributed by atoms with Crippen LogP contribution in [0.4, 0.5) is 0 Å². The summed E-state index contributed by atoms with van der Waals surface area (Å²) in [5, 5.41) is 1.81. The van der Waals surface area contributed by atoms with Crippen LogP contribution in [0.3, 0.4) is 0 Å². The van der Waals surface area contributed by atoms with Crippen LogP contribution < -0.4 is 4.74 Å². The van der Waals surface area contributed by atoms with Crippen LogP contribution in [0.1, 0.15) is 12.5 Å². The number of nitrogens with zero attached hydrogens (tertiary/aromatic N) is 2. The van der Waals surface area contributed by atoms with E-state index >= 15 is 0 Å². The lowest BCUT2D eigenvalue weighted by atomic mass is 10.2. The molecule has 0 radical (unpaired) electrons. The van der Waals surface area contributed by atoms with Crippen LogP contribution in [0, 0.1) is 0 Å². The molecule has 1 amide bonds. The third-order valence-electron chi connectivity index (χ3n) is 4.62. The van der Waals surface area contributed by atoms with E-state index in [0.717, 1.165) is 5.56 Å². The number of sulfonamides is 1. The minimum Gasteiger partial charge on any atom is -0.481 e. The van der Waals surface area contributed by atoms with Crippen LogP contribution in [-0.2, 0) is 14.8 Å². The van der Waals surface area contributed by atoms with E-state index < -0.39 is 16.1 Å². The van der Waals surface area contributed by atoms with Gasteiger partial charge < -0.3 is 9.64 Å². The zero-order valence-corrected chi connectivity index (χ0v) is 17.6. The van der Waals surface area contributed by atoms with E-state index in [1.54, 1.807) is 42.2 Å². The predicted octanol–water partition coefficient (Wildman–Crippen LogP) is 3.25. The molecule has 0 spiro atoms. The van der Waals surface area contributed by atoms with Gasteiger partial charge in [0, 0.05) is 36.6 Å². The number of hydrogen-bond donors (Lipinski definition) is 0. The Hall–Kier alpha value is -2.35. The van der Waals surface area contributed by atoms with Crippen molar-refractivity contribution in [3.63, 3.8) is 0 Å². The summed E-state index contributed by atoms with van der Waals surface area (Å²) in [6.07, 6.45) is 0.909. The van der Waals surface area contributed by atoms with Gasteiger partial charge >= 0.3 is 0 Å². The molecule has 1 heterocycles. The van der Waals surface area contributed by atoms with Crippen molar-refractivity contribution in [2.24, 2.45) is 0 Å². The molecule has 1 atom stereocenters. The second-order valence-electron chi connectivity index (χ2n) is 6.70. The maximum atomic E-state index is 12.6. The summed E-state index contributed by atoms with van der Waals surface area (Å²) >= 11 is 5.85. The highest BCUT2D eigenvalue weighted by Crippen LogP contribution is 2.18. The Bertz CT molecular complexity index is 954. The lowest BCUT2D eigenvalue weighted by Crippen LogP contribution is -2.52. The molecule has 1 unspecified atom stereocenters. The summed E-state index contributed by atoms with van der Waals surface area (Å²) in [6.45, 7) is 2.83. The Kier molecular flexibility index (Phi) is 6.95. The van der Waals surface area contributed by atoms with Gasteiger partial charge in [-0.3, -0.25) is 4.79 Å². The van der Waals surface area contributed by atoms with Crippen molar-refractivity contribution in [3.05, 3.63) is 70.6 Å². The Balaban J connectivity index is 1.54. The highest BCUT2D eigenvalue weighted by molar-refractivity contribution is 7.92. The van der Waals surface area contributed by atoms with Crippen molar-refractivity contribution in [2.45, 2.75) is 13.0 Å². The SMILES string of the molecule is CC(Oc1ccc(Cl)cc1)C(=O)N1CCN(S(=O)(=O)/C=C/c2ccccc2)CC1. The monoisotopic (exact) mass is 434 g/mol. The van der Waals surface area contributed by atoms with E-state index in [0.29, 0.717) is 23.9 Å². The summed E-state index contributed by atoms with van der Waals surface area (Å²) in [6, 6.07) is 16.1. The molecule has 2 aromatic rings. The molecule has 3 rings (SSSR count). The van der Waals surface area contributed by atoms with Gasteiger partial charge in [0.15, 0.2) is 6.10 Å². The zero-order chi connectivity index (χ0) is 20.9. The topological polar surface area (TPSA) is 66.9 Å². The van der Waals surface area contributed by atoms with Crippen LogP contribution in [0.25, 0.3) is 6.08 Å². The number of carbonyl (C=O) groups is 1. The Morgan fingerprint density at radius 2 is 1.66 bits per heavy atom. The maximum Gasteiger partial charge on any atom is 0.263 e. The lowest BCUT2D eigenvalue weighted by molar-refractivity contribution is -0.139. The van der Waals surface area contributed by atoms with E-state index in [2.05, 4.69) is 0 Å². The lowest BCUT2D eigenvalue weighted by Gasteiger charge is -2.34. The number of carbonyl (C=O) groups excluding carboxylic acids is 1. The van der Waals surface area contributed by atoms with Crippen molar-refractivity contribution < 1.29 is 17.9 Å². The molecule has 0 N–H and O–H groups in total. The number of piperazine rings is 1. The van der Waals surface area contributed by atoms with Gasteiger partial charge in [-0.2, -0.15) is 4.31 Å². The number of halogens is 1. The van der Waals surface area contributed by atoms with Crippen molar-refractivity contribution in [3.8, 4) is 5.75 Å². The smallest absolute Gasteiger partial charge is 0.263 e. The number of benzene rings is 2. The summed E-state index contributed by atoms with van der Waals surface area (Å²) in [5.41, 5.74) is 0.818. The minimum atomic E-state index is -3.53. The van der Waals surface area contributed by atoms with Crippen molar-refractivity contribution in [2.75, 3.05) is 26.2 Å². The second-order valence-corrected chi connectivity index (χ2v) is 8.95. The average molecular weight is 435 g/mol. The molecule has 154 valence electrons. The van der Waals surface area contributed by atoms with Gasteiger partial charge in [-0.05, 0) is 42.8 Å². The average Bonchev–Trinajstić information content (AvgIpc) is 2.74. The summed E-state index contributed by atoms with van der Waals surface area (Å²) < 4.78 is 32.1. The molecule has 1 aliphatic rings. The van der Waals surface area contributed by atoms with Gasteiger partial charge in [0.05, 0.1) is 0 Å². The highest BCUT2D eigenvalue weighted by atomic mass is 35.5. The van der Waals surface area contributed by atoms with Gasteiger partial charge in [0.1, 0.15) is 5.75 Å². The number of rotatable bonds is 6. The van der Waals surface area contributed by atoms with Crippen molar-refractivity contribution in [1.82, 2.24) is 9.21 Å². The van der Waals surface area contributed by atoms with E-state index in [1.807, 2.05) is 30.3 Å². The third kappa shape index (κ3) is 5.82. The van der Waals surface area contributed by atoms with Gasteiger partial charge in [-0.1, -0.05) is 41.9 Å². The van der Waals surface area contributed by atoms with E-state index in [9.17, 15) is 13.2 Å². The van der Waals surface area contributed by atoms with Crippen LogP contribution in [0.2, 0.25) is 5.02 Å². The molecular weight excluding hydrogens is 412 g/mol. The summed E-state index contributed by atoms with van der Waals surface area (Å²) in [7, 11) is -3.53. The molecule has 8 heteroatoms. The highest BCUT2D eigenvalue weighted by Gasteiger charge is 2.30. The Morgan fingerprint density at radius 3 is 2.28 bits per heavy atom. The Labute approximate surface area is 176 Å². The molecule has 0 aliphatic carbocycles. The van der Waals surface area contributed by atoms with Crippen LogP contribution in [0.15, 0.2) is 60.0 Å². The second kappa shape index (κ2) is 9.43. The first-order chi connectivity index (χ1) is 13.8. The molecular formula is C21H23ClN2O4S. The zero-order valence-electron chi connectivity index (χ0n) is 16.1. The van der Waals surface area contributed by atoms with E-state index in [4.69, 9.17) is 16.3 Å². The summed E-state index contributed by atoms with van der Waals surface area (Å²) in [4.78, 5) is 14.3. The van der Waals surface area contributed by atoms with Crippen molar-refractivity contribution >= 4 is 33.6 Å². The largest absolute Gasteiger partial charge is 0.481 e. The number of hydrogen-bond acceptors (Lipinski definition) is 4. The first-order valence-electron chi connectivity index (χ1n) is 9.29. The molecule has 1 fully saturated rings. The summed E-state index contributed by atoms with van der Waals surface area (Å²) in [5.74, 6) is 0.388. The standard InChI is InChI=1S/C21H23ClN2O4S/c1-17(28-20-9-7-19(22)8-10-20)21(25)23-12-14-24(15-13-23)29(26,27)16-11-18-5-3-2-4-6-18/h2-11,16-17H,12-15H2,1H3/b16-11+. The third-order valence-corrected chi connectivity index (χ3v) is 6.43. The van der Waals surface area contributed by atoms with Gasteiger partial charge in [0.25, 0.3) is 5.91 Å². The first-order valence-corrected chi connectivity index (χ1v) is 11.2. The normalized spacial score (nSPS) is 16.7. The number of ether oxygens (including phenoxy) is 1. The molecule has 1 saturated heterocycles. The van der Waals surface area contributed by atoms with Crippen molar-refractivity contribution in [1.29, 1.82) is 0 Å². The fraction of sp³-hybridized carbons (Fsp3) is 0.286. The van der Waals surface area contributed by atoms with Crippen LogP contribution in [-0.4, -0.2) is 55.8 Å². The molecule has 2 aromatic carbocycles. The quantitative estimate of drug-likeness (QED) is 0.700. The molecule has 1 aliphatic heterocycles. The van der Waals surface area contributed by atoms with E-state index in [1.165, 1.54) is 9.71 Å². The maximum absolute atomic E-state index is 12.6. The number of amides is 1. The predicted molar refractivity (Wildman–Crippen MR) is 114 cm³/mol. The fourth-order valence-corrected chi connectivity index (χ4v) is 4.30. The van der Waals surface area contributed by atoms with Gasteiger partial charge in [-0.15, -0.1) is 0 Å². The molecule has 29 heavy (non-hydrogen) atoms. The first kappa shape index (κ1) is 21.4. The fourth-order valence-electron chi connectivity index (χ4n) is 3.00. The van der Waals surface area contributed by atoms with Crippen LogP contribution >= 0.6 is 11.6 Å². The Morgan fingerprint density at radius 1 is 1.03 bits per heavy atom. The molecule has 0 bridgehead atoms. The van der Waals surface area contributed by atoms with Gasteiger partial charge in [0.2, 0.25) is 10.0 Å². The molecule has 6 nitrogen and oxygen atoms in total. The minimum absolute atomic E-state index is 0.170. The molecule has 0 saturated carbocycles. The molecule has 0 aromatic heterocycles. The van der Waals surface area contributed by atoms with Crippen LogP contribution in [0.5, 0.6) is 5.75 Å². The van der Waals surface area contributed by atoms with Gasteiger partial charge in [-0.25, -0.2) is 8.42 Å².